The minimum Gasteiger partial charge on any atom is -0.301 e. The number of rotatable bonds is 3. The Hall–Kier alpha value is 0.720. The van der Waals surface area contributed by atoms with E-state index < -0.39 is 4.08 Å². The Morgan fingerprint density at radius 2 is 2.11 bits per heavy atom. The van der Waals surface area contributed by atoms with Crippen LogP contribution in [0.1, 0.15) is 13.3 Å². The van der Waals surface area contributed by atoms with Crippen LogP contribution in [0.5, 0.6) is 0 Å². The lowest BCUT2D eigenvalue weighted by Crippen LogP contribution is -2.27. The number of carbonyl (C=O) groups is 1. The second-order valence-corrected chi connectivity index (χ2v) is 4.28. The topological polar surface area (TPSA) is 17.1 Å². The van der Waals surface area contributed by atoms with Crippen LogP contribution in [0.2, 0.25) is 0 Å². The van der Waals surface area contributed by atoms with Crippen molar-refractivity contribution < 1.29 is 4.79 Å². The number of thiol groups is 3. The zero-order valence-corrected chi connectivity index (χ0v) is 7.79. The summed E-state index contributed by atoms with van der Waals surface area (Å²) in [6.07, 6.45) is 1.48. The van der Waals surface area contributed by atoms with Crippen LogP contribution in [0.25, 0.3) is 0 Å². The quantitative estimate of drug-likeness (QED) is 0.342. The van der Waals surface area contributed by atoms with Gasteiger partial charge < -0.3 is 4.79 Å². The van der Waals surface area contributed by atoms with E-state index in [1.54, 1.807) is 0 Å². The molecule has 0 aromatic rings. The summed E-state index contributed by atoms with van der Waals surface area (Å²) in [4.78, 5) is 10.2. The van der Waals surface area contributed by atoms with E-state index in [2.05, 4.69) is 37.9 Å². The lowest BCUT2D eigenvalue weighted by molar-refractivity contribution is -0.108. The van der Waals surface area contributed by atoms with E-state index in [-0.39, 0.29) is 5.25 Å². The van der Waals surface area contributed by atoms with Crippen molar-refractivity contribution >= 4 is 44.2 Å². The van der Waals surface area contributed by atoms with Crippen LogP contribution in [0.3, 0.4) is 0 Å². The molecule has 0 radical (unpaired) electrons. The van der Waals surface area contributed by atoms with Crippen LogP contribution in [0.4, 0.5) is 0 Å². The Morgan fingerprint density at radius 3 is 2.22 bits per heavy atom. The Balaban J connectivity index is 3.95. The first kappa shape index (κ1) is 9.72. The molecule has 1 nitrogen and oxygen atoms in total. The van der Waals surface area contributed by atoms with Crippen molar-refractivity contribution in [1.82, 2.24) is 0 Å². The fourth-order valence-electron chi connectivity index (χ4n) is 0.379. The minimum absolute atomic E-state index is 0.0818. The van der Waals surface area contributed by atoms with Gasteiger partial charge in [0.2, 0.25) is 0 Å². The molecular formula is C5H10OS3. The SMILES string of the molecule is CCC(S)C(S)(S)C=O. The molecule has 0 spiro atoms. The number of carbonyl (C=O) groups excluding carboxylic acids is 1. The third-order valence-electron chi connectivity index (χ3n) is 1.05. The molecule has 0 aromatic heterocycles. The second kappa shape index (κ2) is 3.78. The maximum absolute atomic E-state index is 10.2. The van der Waals surface area contributed by atoms with E-state index in [0.717, 1.165) is 6.42 Å². The largest absolute Gasteiger partial charge is 0.301 e. The molecule has 0 N–H and O–H groups in total. The molecule has 0 aliphatic heterocycles. The van der Waals surface area contributed by atoms with E-state index in [4.69, 9.17) is 0 Å². The molecule has 0 saturated carbocycles. The Bertz CT molecular complexity index is 102. The van der Waals surface area contributed by atoms with E-state index in [9.17, 15) is 4.79 Å². The summed E-state index contributed by atoms with van der Waals surface area (Å²) in [5, 5.41) is -0.0818. The molecule has 0 aliphatic carbocycles. The molecule has 54 valence electrons. The van der Waals surface area contributed by atoms with Gasteiger partial charge in [0.1, 0.15) is 10.4 Å². The number of aldehydes is 1. The average Bonchev–Trinajstić information content (AvgIpc) is 1.86. The molecule has 4 heteroatoms. The van der Waals surface area contributed by atoms with Crippen molar-refractivity contribution in [2.75, 3.05) is 0 Å². The molecule has 0 bridgehead atoms. The lowest BCUT2D eigenvalue weighted by atomic mass is 10.2. The van der Waals surface area contributed by atoms with Gasteiger partial charge in [-0.3, -0.25) is 0 Å². The summed E-state index contributed by atoms with van der Waals surface area (Å²) in [5.74, 6) is 0. The zero-order chi connectivity index (χ0) is 7.49. The summed E-state index contributed by atoms with van der Waals surface area (Å²) >= 11 is 12.1. The first-order valence-corrected chi connectivity index (χ1v) is 4.04. The first-order valence-electron chi connectivity index (χ1n) is 2.63. The monoisotopic (exact) mass is 182 g/mol. The molecule has 1 unspecified atom stereocenters. The van der Waals surface area contributed by atoms with Gasteiger partial charge in [-0.2, -0.15) is 37.9 Å². The fourth-order valence-corrected chi connectivity index (χ4v) is 0.805. The Morgan fingerprint density at radius 1 is 1.67 bits per heavy atom. The van der Waals surface area contributed by atoms with Crippen molar-refractivity contribution in [3.63, 3.8) is 0 Å². The van der Waals surface area contributed by atoms with Gasteiger partial charge in [-0.1, -0.05) is 6.92 Å². The summed E-state index contributed by atoms with van der Waals surface area (Å²) in [5.41, 5.74) is 0. The molecule has 0 aliphatic rings. The van der Waals surface area contributed by atoms with Gasteiger partial charge >= 0.3 is 0 Å². The van der Waals surface area contributed by atoms with Crippen molar-refractivity contribution in [1.29, 1.82) is 0 Å². The maximum atomic E-state index is 10.2. The molecular weight excluding hydrogens is 172 g/mol. The highest BCUT2D eigenvalue weighted by Gasteiger charge is 2.26. The molecule has 0 rings (SSSR count). The van der Waals surface area contributed by atoms with Gasteiger partial charge in [-0.05, 0) is 6.42 Å². The van der Waals surface area contributed by atoms with Gasteiger partial charge in [0.25, 0.3) is 0 Å². The van der Waals surface area contributed by atoms with Crippen LogP contribution in [0.15, 0.2) is 0 Å². The normalized spacial score (nSPS) is 15.1. The highest BCUT2D eigenvalue weighted by atomic mass is 32.2. The summed E-state index contributed by atoms with van der Waals surface area (Å²) in [6, 6.07) is 0. The van der Waals surface area contributed by atoms with Gasteiger partial charge in [-0.25, -0.2) is 0 Å². The number of hydrogen-bond acceptors (Lipinski definition) is 4. The van der Waals surface area contributed by atoms with Gasteiger partial charge in [-0.15, -0.1) is 0 Å². The second-order valence-electron chi connectivity index (χ2n) is 1.82. The molecule has 1 atom stereocenters. The smallest absolute Gasteiger partial charge is 0.146 e. The average molecular weight is 182 g/mol. The van der Waals surface area contributed by atoms with E-state index in [1.165, 1.54) is 0 Å². The molecule has 0 heterocycles. The Labute approximate surface area is 71.8 Å². The van der Waals surface area contributed by atoms with E-state index >= 15 is 0 Å². The minimum atomic E-state index is -0.877. The Kier molecular flexibility index (Phi) is 4.09. The molecule has 0 fully saturated rings. The van der Waals surface area contributed by atoms with E-state index in [1.807, 2.05) is 6.92 Å². The number of hydrogen-bond donors (Lipinski definition) is 3. The third-order valence-corrected chi connectivity index (χ3v) is 3.06. The van der Waals surface area contributed by atoms with Crippen LogP contribution in [0, 0.1) is 0 Å². The lowest BCUT2D eigenvalue weighted by Gasteiger charge is -2.20. The van der Waals surface area contributed by atoms with Crippen molar-refractivity contribution in [3.05, 3.63) is 0 Å². The summed E-state index contributed by atoms with van der Waals surface area (Å²) < 4.78 is -0.877. The van der Waals surface area contributed by atoms with Crippen LogP contribution >= 0.6 is 37.9 Å². The van der Waals surface area contributed by atoms with Crippen LogP contribution in [-0.4, -0.2) is 15.6 Å². The van der Waals surface area contributed by atoms with Crippen molar-refractivity contribution in [3.8, 4) is 0 Å². The molecule has 0 aromatic carbocycles. The highest BCUT2D eigenvalue weighted by molar-refractivity contribution is 8.03. The standard InChI is InChI=1S/C5H10OS3/c1-2-4(7)5(8,9)3-6/h3-4,7-9H,2H2,1H3. The predicted octanol–water partition coefficient (Wildman–Crippen LogP) is 1.45. The van der Waals surface area contributed by atoms with Gasteiger partial charge in [0, 0.05) is 5.25 Å². The maximum Gasteiger partial charge on any atom is 0.146 e. The first-order chi connectivity index (χ1) is 4.04. The fraction of sp³-hybridized carbons (Fsp3) is 0.800. The third kappa shape index (κ3) is 2.87. The van der Waals surface area contributed by atoms with Crippen LogP contribution in [-0.2, 0) is 4.79 Å². The predicted molar refractivity (Wildman–Crippen MR) is 49.8 cm³/mol. The van der Waals surface area contributed by atoms with E-state index in [0.29, 0.717) is 6.29 Å². The van der Waals surface area contributed by atoms with Crippen LogP contribution < -0.4 is 0 Å². The van der Waals surface area contributed by atoms with Gasteiger partial charge in [0.15, 0.2) is 0 Å². The van der Waals surface area contributed by atoms with Crippen molar-refractivity contribution in [2.45, 2.75) is 22.7 Å². The summed E-state index contributed by atoms with van der Waals surface area (Å²) in [7, 11) is 0. The summed E-state index contributed by atoms with van der Waals surface area (Å²) in [6.45, 7) is 1.93. The highest BCUT2D eigenvalue weighted by Crippen LogP contribution is 2.27. The zero-order valence-electron chi connectivity index (χ0n) is 5.11. The van der Waals surface area contributed by atoms with Gasteiger partial charge in [0.05, 0.1) is 0 Å². The molecule has 0 amide bonds. The molecule has 9 heavy (non-hydrogen) atoms. The van der Waals surface area contributed by atoms with Crippen molar-refractivity contribution in [2.24, 2.45) is 0 Å². The molecule has 0 saturated heterocycles.